The van der Waals surface area contributed by atoms with E-state index in [9.17, 15) is 0 Å². The van der Waals surface area contributed by atoms with Crippen molar-refractivity contribution in [2.24, 2.45) is 0 Å². The Morgan fingerprint density at radius 3 is 3.08 bits per heavy atom. The van der Waals surface area contributed by atoms with Gasteiger partial charge in [-0.15, -0.1) is 0 Å². The Kier molecular flexibility index (Phi) is 1.57. The van der Waals surface area contributed by atoms with Crippen LogP contribution < -0.4 is 15.8 Å². The van der Waals surface area contributed by atoms with Crippen LogP contribution in [0.1, 0.15) is 5.56 Å². The van der Waals surface area contributed by atoms with Gasteiger partial charge in [-0.05, 0) is 12.5 Å². The molecule has 1 aromatic carbocycles. The second kappa shape index (κ2) is 2.59. The number of benzene rings is 1. The molecule has 1 aliphatic heterocycles. The summed E-state index contributed by atoms with van der Waals surface area (Å²) >= 11 is 0. The molecule has 2 rings (SSSR count). The molecule has 0 amide bonds. The summed E-state index contributed by atoms with van der Waals surface area (Å²) < 4.78 is 5.22. The van der Waals surface area contributed by atoms with Crippen molar-refractivity contribution in [2.75, 3.05) is 24.7 Å². The lowest BCUT2D eigenvalue weighted by Gasteiger charge is -2.07. The van der Waals surface area contributed by atoms with Gasteiger partial charge in [0.1, 0.15) is 5.75 Å². The maximum Gasteiger partial charge on any atom is 0.126 e. The Hall–Kier alpha value is -1.38. The summed E-state index contributed by atoms with van der Waals surface area (Å²) in [4.78, 5) is 0. The number of fused-ring (bicyclic) bond motifs is 1. The number of hydrogen-bond acceptors (Lipinski definition) is 3. The lowest BCUT2D eigenvalue weighted by Crippen LogP contribution is -1.93. The van der Waals surface area contributed by atoms with Crippen LogP contribution in [0.2, 0.25) is 0 Å². The normalized spacial score (nSPS) is 13.8. The third kappa shape index (κ3) is 0.978. The van der Waals surface area contributed by atoms with Gasteiger partial charge in [0.2, 0.25) is 0 Å². The van der Waals surface area contributed by atoms with Crippen molar-refractivity contribution in [1.29, 1.82) is 0 Å². The molecule has 1 aromatic rings. The molecule has 0 unspecified atom stereocenters. The van der Waals surface area contributed by atoms with Crippen LogP contribution in [0.25, 0.3) is 0 Å². The van der Waals surface area contributed by atoms with E-state index in [0.29, 0.717) is 0 Å². The molecule has 0 saturated carbocycles. The van der Waals surface area contributed by atoms with Gasteiger partial charge >= 0.3 is 0 Å². The number of methoxy groups -OCH3 is 1. The van der Waals surface area contributed by atoms with E-state index in [2.05, 4.69) is 5.32 Å². The van der Waals surface area contributed by atoms with Crippen molar-refractivity contribution in [1.82, 2.24) is 0 Å². The lowest BCUT2D eigenvalue weighted by molar-refractivity contribution is 0.411. The molecular formula is C9H12N2O. The number of ether oxygens (including phenoxy) is 1. The van der Waals surface area contributed by atoms with Crippen molar-refractivity contribution in [3.63, 3.8) is 0 Å². The quantitative estimate of drug-likeness (QED) is 0.614. The first-order chi connectivity index (χ1) is 5.81. The second-order valence-electron chi connectivity index (χ2n) is 2.93. The number of nitrogens with two attached hydrogens (primary N) is 1. The molecule has 1 heterocycles. The van der Waals surface area contributed by atoms with Crippen LogP contribution >= 0.6 is 0 Å². The fourth-order valence-corrected chi connectivity index (χ4v) is 1.59. The molecule has 0 radical (unpaired) electrons. The molecule has 0 atom stereocenters. The molecule has 0 aliphatic carbocycles. The van der Waals surface area contributed by atoms with Crippen molar-refractivity contribution in [3.8, 4) is 5.75 Å². The molecule has 0 bridgehead atoms. The SMILES string of the molecule is COc1cc(N)cc2c1CCN2. The van der Waals surface area contributed by atoms with E-state index in [1.807, 2.05) is 12.1 Å². The summed E-state index contributed by atoms with van der Waals surface area (Å²) in [6.45, 7) is 0.981. The van der Waals surface area contributed by atoms with Crippen LogP contribution in [0.3, 0.4) is 0 Å². The van der Waals surface area contributed by atoms with Gasteiger partial charge in [-0.25, -0.2) is 0 Å². The van der Waals surface area contributed by atoms with Gasteiger partial charge in [-0.1, -0.05) is 0 Å². The van der Waals surface area contributed by atoms with E-state index < -0.39 is 0 Å². The van der Waals surface area contributed by atoms with E-state index in [0.717, 1.165) is 30.1 Å². The number of anilines is 2. The fourth-order valence-electron chi connectivity index (χ4n) is 1.59. The molecule has 3 heteroatoms. The van der Waals surface area contributed by atoms with E-state index in [1.54, 1.807) is 7.11 Å². The van der Waals surface area contributed by atoms with Crippen LogP contribution in [-0.4, -0.2) is 13.7 Å². The molecule has 0 spiro atoms. The summed E-state index contributed by atoms with van der Waals surface area (Å²) in [6.07, 6.45) is 1.03. The Balaban J connectivity index is 2.55. The molecular weight excluding hydrogens is 152 g/mol. The Morgan fingerprint density at radius 1 is 1.50 bits per heavy atom. The monoisotopic (exact) mass is 164 g/mol. The average molecular weight is 164 g/mol. The highest BCUT2D eigenvalue weighted by Crippen LogP contribution is 2.33. The Bertz CT molecular complexity index is 310. The molecule has 0 fully saturated rings. The summed E-state index contributed by atoms with van der Waals surface area (Å²) in [5, 5.41) is 3.26. The predicted octanol–water partition coefficient (Wildman–Crippen LogP) is 1.25. The maximum atomic E-state index is 5.69. The van der Waals surface area contributed by atoms with Gasteiger partial charge in [-0.2, -0.15) is 0 Å². The van der Waals surface area contributed by atoms with Gasteiger partial charge in [0.05, 0.1) is 7.11 Å². The van der Waals surface area contributed by atoms with E-state index in [-0.39, 0.29) is 0 Å². The molecule has 64 valence electrons. The highest BCUT2D eigenvalue weighted by atomic mass is 16.5. The third-order valence-corrected chi connectivity index (χ3v) is 2.14. The summed E-state index contributed by atoms with van der Waals surface area (Å²) in [7, 11) is 1.67. The van der Waals surface area contributed by atoms with Gasteiger partial charge in [0, 0.05) is 29.5 Å². The number of nitrogens with one attached hydrogen (secondary N) is 1. The van der Waals surface area contributed by atoms with Crippen LogP contribution in [0.15, 0.2) is 12.1 Å². The van der Waals surface area contributed by atoms with Gasteiger partial charge in [0.25, 0.3) is 0 Å². The van der Waals surface area contributed by atoms with Crippen LogP contribution in [0.5, 0.6) is 5.75 Å². The van der Waals surface area contributed by atoms with Crippen molar-refractivity contribution in [3.05, 3.63) is 17.7 Å². The van der Waals surface area contributed by atoms with Gasteiger partial charge in [0.15, 0.2) is 0 Å². The first-order valence-electron chi connectivity index (χ1n) is 4.01. The highest BCUT2D eigenvalue weighted by molar-refractivity contribution is 5.68. The number of rotatable bonds is 1. The van der Waals surface area contributed by atoms with Crippen LogP contribution in [0, 0.1) is 0 Å². The number of hydrogen-bond donors (Lipinski definition) is 2. The molecule has 1 aliphatic rings. The Labute approximate surface area is 71.5 Å². The smallest absolute Gasteiger partial charge is 0.126 e. The van der Waals surface area contributed by atoms with Crippen molar-refractivity contribution < 1.29 is 4.74 Å². The molecule has 12 heavy (non-hydrogen) atoms. The van der Waals surface area contributed by atoms with Crippen LogP contribution in [-0.2, 0) is 6.42 Å². The van der Waals surface area contributed by atoms with E-state index in [4.69, 9.17) is 10.5 Å². The summed E-state index contributed by atoms with van der Waals surface area (Å²) in [5.41, 5.74) is 8.80. The van der Waals surface area contributed by atoms with E-state index >= 15 is 0 Å². The van der Waals surface area contributed by atoms with Crippen molar-refractivity contribution in [2.45, 2.75) is 6.42 Å². The van der Waals surface area contributed by atoms with E-state index in [1.165, 1.54) is 5.56 Å². The first-order valence-corrected chi connectivity index (χ1v) is 4.01. The topological polar surface area (TPSA) is 47.3 Å². The standard InChI is InChI=1S/C9H12N2O/c1-12-9-5-6(10)4-8-7(9)2-3-11-8/h4-5,11H,2-3,10H2,1H3. The molecule has 3 nitrogen and oxygen atoms in total. The van der Waals surface area contributed by atoms with Crippen LogP contribution in [0.4, 0.5) is 11.4 Å². The summed E-state index contributed by atoms with van der Waals surface area (Å²) in [6, 6.07) is 3.82. The average Bonchev–Trinajstić information content (AvgIpc) is 2.50. The number of nitrogen functional groups attached to an aromatic ring is 1. The minimum atomic E-state index is 0.750. The third-order valence-electron chi connectivity index (χ3n) is 2.14. The van der Waals surface area contributed by atoms with Crippen molar-refractivity contribution >= 4 is 11.4 Å². The molecule has 0 saturated heterocycles. The first kappa shape index (κ1) is 7.28. The van der Waals surface area contributed by atoms with Gasteiger partial charge in [-0.3, -0.25) is 0 Å². The largest absolute Gasteiger partial charge is 0.496 e. The zero-order valence-corrected chi connectivity index (χ0v) is 7.05. The Morgan fingerprint density at radius 2 is 2.33 bits per heavy atom. The highest BCUT2D eigenvalue weighted by Gasteiger charge is 2.15. The molecule has 3 N–H and O–H groups in total. The fraction of sp³-hybridized carbons (Fsp3) is 0.333. The zero-order chi connectivity index (χ0) is 8.55. The second-order valence-corrected chi connectivity index (χ2v) is 2.93. The summed E-state index contributed by atoms with van der Waals surface area (Å²) in [5.74, 6) is 0.898. The lowest BCUT2D eigenvalue weighted by atomic mass is 10.1. The van der Waals surface area contributed by atoms with Gasteiger partial charge < -0.3 is 15.8 Å². The zero-order valence-electron chi connectivity index (χ0n) is 7.05. The molecule has 0 aromatic heterocycles. The minimum Gasteiger partial charge on any atom is -0.496 e. The predicted molar refractivity (Wildman–Crippen MR) is 49.6 cm³/mol. The maximum absolute atomic E-state index is 5.69. The minimum absolute atomic E-state index is 0.750.